The number of amides is 2. The number of carbonyl (C=O) groups is 3. The van der Waals surface area contributed by atoms with Crippen LogP contribution in [0.1, 0.15) is 49.1 Å². The summed E-state index contributed by atoms with van der Waals surface area (Å²) in [6.07, 6.45) is 1.46. The van der Waals surface area contributed by atoms with Crippen LogP contribution in [-0.2, 0) is 0 Å². The molecule has 0 radical (unpaired) electrons. The van der Waals surface area contributed by atoms with Gasteiger partial charge in [0.25, 0.3) is 11.8 Å². The van der Waals surface area contributed by atoms with Crippen LogP contribution in [0, 0.1) is 6.92 Å². The van der Waals surface area contributed by atoms with Gasteiger partial charge < -0.3 is 14.8 Å². The zero-order valence-corrected chi connectivity index (χ0v) is 23.4. The summed E-state index contributed by atoms with van der Waals surface area (Å²) in [7, 11) is 0. The Balaban J connectivity index is 1.36. The van der Waals surface area contributed by atoms with Gasteiger partial charge in [-0.05, 0) is 98.3 Å². The lowest BCUT2D eigenvalue weighted by atomic mass is 10.1. The van der Waals surface area contributed by atoms with E-state index < -0.39 is 11.9 Å². The first-order chi connectivity index (χ1) is 19.3. The molecule has 0 fully saturated rings. The van der Waals surface area contributed by atoms with Crippen LogP contribution >= 0.6 is 15.9 Å². The molecule has 8 nitrogen and oxygen atoms in total. The fourth-order valence-corrected chi connectivity index (χ4v) is 3.89. The van der Waals surface area contributed by atoms with Gasteiger partial charge in [-0.3, -0.25) is 9.59 Å². The molecule has 0 spiro atoms. The fourth-order valence-electron chi connectivity index (χ4n) is 3.63. The molecule has 0 bridgehead atoms. The van der Waals surface area contributed by atoms with Crippen molar-refractivity contribution in [3.63, 3.8) is 0 Å². The number of hydrogen-bond donors (Lipinski definition) is 2. The molecular weight excluding hydrogens is 574 g/mol. The lowest BCUT2D eigenvalue weighted by Gasteiger charge is -2.11. The van der Waals surface area contributed by atoms with Gasteiger partial charge in [-0.15, -0.1) is 0 Å². The molecule has 0 aromatic heterocycles. The molecule has 0 aliphatic rings. The first kappa shape index (κ1) is 28.3. The van der Waals surface area contributed by atoms with Crippen LogP contribution in [0.3, 0.4) is 0 Å². The Morgan fingerprint density at radius 2 is 1.55 bits per heavy atom. The van der Waals surface area contributed by atoms with E-state index in [0.717, 1.165) is 10.0 Å². The standard InChI is InChI=1S/C31H26BrN3O5/c1-3-39-28-18-21(7-16-27(28)40-31(38)23-8-12-25(32)13-9-23)19-33-35-30(37)22-10-14-26(15-11-22)34-29(36)24-6-4-5-20(2)17-24/h4-19H,3H2,1-2H3,(H,34,36)(H,35,37)/b33-19-. The maximum absolute atomic E-state index is 12.5. The number of hydrogen-bond acceptors (Lipinski definition) is 6. The highest BCUT2D eigenvalue weighted by Crippen LogP contribution is 2.29. The summed E-state index contributed by atoms with van der Waals surface area (Å²) in [5, 5.41) is 6.84. The smallest absolute Gasteiger partial charge is 0.343 e. The molecule has 0 unspecified atom stereocenters. The van der Waals surface area contributed by atoms with Gasteiger partial charge in [0.2, 0.25) is 0 Å². The highest BCUT2D eigenvalue weighted by Gasteiger charge is 2.13. The number of carbonyl (C=O) groups excluding carboxylic acids is 3. The Morgan fingerprint density at radius 3 is 2.25 bits per heavy atom. The predicted octanol–water partition coefficient (Wildman–Crippen LogP) is 6.39. The van der Waals surface area contributed by atoms with Crippen molar-refractivity contribution >= 4 is 45.6 Å². The number of hydrazone groups is 1. The van der Waals surface area contributed by atoms with Gasteiger partial charge in [0.15, 0.2) is 11.5 Å². The first-order valence-electron chi connectivity index (χ1n) is 12.4. The molecule has 2 N–H and O–H groups in total. The number of nitrogens with zero attached hydrogens (tertiary/aromatic N) is 1. The van der Waals surface area contributed by atoms with Crippen LogP contribution in [0.5, 0.6) is 11.5 Å². The van der Waals surface area contributed by atoms with E-state index in [2.05, 4.69) is 31.8 Å². The average molecular weight is 600 g/mol. The Kier molecular flexibility index (Phi) is 9.43. The lowest BCUT2D eigenvalue weighted by Crippen LogP contribution is -2.18. The van der Waals surface area contributed by atoms with Gasteiger partial charge in [0.05, 0.1) is 18.4 Å². The van der Waals surface area contributed by atoms with Crippen LogP contribution in [0.4, 0.5) is 5.69 Å². The number of esters is 1. The quantitative estimate of drug-likeness (QED) is 0.100. The average Bonchev–Trinajstić information content (AvgIpc) is 2.95. The van der Waals surface area contributed by atoms with Crippen molar-refractivity contribution in [1.82, 2.24) is 5.43 Å². The summed E-state index contributed by atoms with van der Waals surface area (Å²) in [5.74, 6) is -0.524. The normalized spacial score (nSPS) is 10.7. The number of ether oxygens (including phenoxy) is 2. The van der Waals surface area contributed by atoms with Crippen LogP contribution in [-0.4, -0.2) is 30.6 Å². The molecule has 0 atom stereocenters. The Bertz CT molecular complexity index is 1550. The summed E-state index contributed by atoms with van der Waals surface area (Å²) >= 11 is 3.34. The van der Waals surface area contributed by atoms with E-state index in [9.17, 15) is 14.4 Å². The molecule has 40 heavy (non-hydrogen) atoms. The third-order valence-corrected chi connectivity index (χ3v) is 6.14. The summed E-state index contributed by atoms with van der Waals surface area (Å²) < 4.78 is 12.0. The molecule has 0 saturated heterocycles. The molecule has 0 heterocycles. The number of benzene rings is 4. The fraction of sp³-hybridized carbons (Fsp3) is 0.0968. The number of anilines is 1. The van der Waals surface area contributed by atoms with Crippen LogP contribution in [0.2, 0.25) is 0 Å². The van der Waals surface area contributed by atoms with Gasteiger partial charge in [-0.25, -0.2) is 10.2 Å². The van der Waals surface area contributed by atoms with E-state index in [1.165, 1.54) is 6.21 Å². The van der Waals surface area contributed by atoms with E-state index in [1.807, 2.05) is 26.0 Å². The summed E-state index contributed by atoms with van der Waals surface area (Å²) in [5.41, 5.74) is 5.99. The van der Waals surface area contributed by atoms with Crippen molar-refractivity contribution in [3.05, 3.63) is 123 Å². The van der Waals surface area contributed by atoms with E-state index in [1.54, 1.807) is 78.9 Å². The SMILES string of the molecule is CCOc1cc(/C=N\NC(=O)c2ccc(NC(=O)c3cccc(C)c3)cc2)ccc1OC(=O)c1ccc(Br)cc1. The van der Waals surface area contributed by atoms with Gasteiger partial charge in [-0.2, -0.15) is 5.10 Å². The summed E-state index contributed by atoms with van der Waals surface area (Å²) in [6.45, 7) is 4.10. The molecule has 4 aromatic rings. The molecule has 4 aromatic carbocycles. The highest BCUT2D eigenvalue weighted by molar-refractivity contribution is 9.10. The summed E-state index contributed by atoms with van der Waals surface area (Å²) in [6, 6.07) is 25.6. The highest BCUT2D eigenvalue weighted by atomic mass is 79.9. The Labute approximate surface area is 240 Å². The van der Waals surface area contributed by atoms with Gasteiger partial charge >= 0.3 is 5.97 Å². The third kappa shape index (κ3) is 7.64. The van der Waals surface area contributed by atoms with Crippen molar-refractivity contribution in [2.45, 2.75) is 13.8 Å². The van der Waals surface area contributed by atoms with Crippen LogP contribution in [0.25, 0.3) is 0 Å². The second-order valence-electron chi connectivity index (χ2n) is 8.64. The van der Waals surface area contributed by atoms with Gasteiger partial charge in [0.1, 0.15) is 0 Å². The molecular formula is C31H26BrN3O5. The topological polar surface area (TPSA) is 106 Å². The molecule has 202 valence electrons. The lowest BCUT2D eigenvalue weighted by molar-refractivity contribution is 0.0728. The van der Waals surface area contributed by atoms with E-state index in [0.29, 0.717) is 40.3 Å². The molecule has 4 rings (SSSR count). The molecule has 9 heteroatoms. The third-order valence-electron chi connectivity index (χ3n) is 5.62. The van der Waals surface area contributed by atoms with Crippen molar-refractivity contribution in [2.75, 3.05) is 11.9 Å². The van der Waals surface area contributed by atoms with E-state index in [-0.39, 0.29) is 11.7 Å². The van der Waals surface area contributed by atoms with E-state index >= 15 is 0 Å². The molecule has 0 aliphatic heterocycles. The molecule has 2 amide bonds. The number of aryl methyl sites for hydroxylation is 1. The van der Waals surface area contributed by atoms with Crippen molar-refractivity contribution in [2.24, 2.45) is 5.10 Å². The minimum absolute atomic E-state index is 0.231. The molecule has 0 saturated carbocycles. The van der Waals surface area contributed by atoms with Gasteiger partial charge in [-0.1, -0.05) is 33.6 Å². The predicted molar refractivity (Wildman–Crippen MR) is 157 cm³/mol. The zero-order valence-electron chi connectivity index (χ0n) is 21.8. The number of rotatable bonds is 9. The van der Waals surface area contributed by atoms with E-state index in [4.69, 9.17) is 9.47 Å². The maximum atomic E-state index is 12.5. The zero-order chi connectivity index (χ0) is 28.5. The Hall–Kier alpha value is -4.76. The van der Waals surface area contributed by atoms with Gasteiger partial charge in [0, 0.05) is 21.3 Å². The Morgan fingerprint density at radius 1 is 0.825 bits per heavy atom. The maximum Gasteiger partial charge on any atom is 0.343 e. The minimum atomic E-state index is -0.511. The van der Waals surface area contributed by atoms with Crippen molar-refractivity contribution in [3.8, 4) is 11.5 Å². The monoisotopic (exact) mass is 599 g/mol. The van der Waals surface area contributed by atoms with Crippen molar-refractivity contribution < 1.29 is 23.9 Å². The van der Waals surface area contributed by atoms with Crippen LogP contribution < -0.4 is 20.2 Å². The number of halogens is 1. The summed E-state index contributed by atoms with van der Waals surface area (Å²) in [4.78, 5) is 37.5. The second-order valence-corrected chi connectivity index (χ2v) is 9.55. The molecule has 0 aliphatic carbocycles. The van der Waals surface area contributed by atoms with Crippen LogP contribution in [0.15, 0.2) is 101 Å². The first-order valence-corrected chi connectivity index (χ1v) is 13.2. The minimum Gasteiger partial charge on any atom is -0.490 e. The largest absolute Gasteiger partial charge is 0.490 e. The number of nitrogens with one attached hydrogen (secondary N) is 2. The second kappa shape index (κ2) is 13.3. The van der Waals surface area contributed by atoms with Crippen molar-refractivity contribution in [1.29, 1.82) is 0 Å².